The van der Waals surface area contributed by atoms with E-state index in [0.29, 0.717) is 22.4 Å². The Morgan fingerprint density at radius 3 is 2.92 bits per heavy atom. The molecule has 0 spiro atoms. The average molecular weight is 387 g/mol. The molecule has 24 heavy (non-hydrogen) atoms. The number of halogens is 1. The third kappa shape index (κ3) is 2.71. The Labute approximate surface area is 144 Å². The summed E-state index contributed by atoms with van der Waals surface area (Å²) in [6.45, 7) is 0.211. The van der Waals surface area contributed by atoms with Crippen molar-refractivity contribution in [2.24, 2.45) is 5.10 Å². The van der Waals surface area contributed by atoms with Gasteiger partial charge in [0.1, 0.15) is 0 Å². The Balaban J connectivity index is 1.59. The first kappa shape index (κ1) is 14.7. The zero-order valence-electron chi connectivity index (χ0n) is 12.2. The third-order valence-electron chi connectivity index (χ3n) is 3.48. The molecule has 2 aromatic carbocycles. The summed E-state index contributed by atoms with van der Waals surface area (Å²) < 4.78 is 11.5. The molecule has 1 aromatic heterocycles. The van der Waals surface area contributed by atoms with E-state index in [2.05, 4.69) is 36.4 Å². The number of hydrogen-bond acceptors (Lipinski definition) is 6. The number of aromatic nitrogens is 2. The van der Waals surface area contributed by atoms with Gasteiger partial charge in [0.25, 0.3) is 5.56 Å². The predicted molar refractivity (Wildman–Crippen MR) is 93.8 cm³/mol. The van der Waals surface area contributed by atoms with Crippen LogP contribution in [-0.2, 0) is 0 Å². The van der Waals surface area contributed by atoms with Gasteiger partial charge in [-0.15, -0.1) is 0 Å². The second-order valence-electron chi connectivity index (χ2n) is 5.03. The smallest absolute Gasteiger partial charge is 0.260 e. The van der Waals surface area contributed by atoms with Crippen LogP contribution in [-0.4, -0.2) is 23.0 Å². The first-order chi connectivity index (χ1) is 11.7. The fourth-order valence-electron chi connectivity index (χ4n) is 2.33. The Morgan fingerprint density at radius 1 is 1.25 bits per heavy atom. The molecule has 0 saturated heterocycles. The van der Waals surface area contributed by atoms with Crippen LogP contribution in [0.2, 0.25) is 0 Å². The standard InChI is InChI=1S/C16H11BrN4O3/c17-11-6-14-13(23-8-24-14)5-9(11)7-18-21-16-19-12-4-2-1-3-10(12)15(22)20-16/h1-7H,8H2,(H2,19,20,21,22)/b18-7+. The molecule has 0 aliphatic carbocycles. The van der Waals surface area contributed by atoms with Crippen molar-refractivity contribution in [3.8, 4) is 11.5 Å². The number of hydrazone groups is 1. The summed E-state index contributed by atoms with van der Waals surface area (Å²) in [6.07, 6.45) is 1.60. The summed E-state index contributed by atoms with van der Waals surface area (Å²) in [5.74, 6) is 1.62. The lowest BCUT2D eigenvalue weighted by Crippen LogP contribution is -2.10. The zero-order chi connectivity index (χ0) is 16.5. The molecule has 7 nitrogen and oxygen atoms in total. The second-order valence-corrected chi connectivity index (χ2v) is 5.88. The van der Waals surface area contributed by atoms with Crippen LogP contribution >= 0.6 is 15.9 Å². The number of H-pyrrole nitrogens is 1. The van der Waals surface area contributed by atoms with Gasteiger partial charge in [0.15, 0.2) is 11.5 Å². The maximum Gasteiger partial charge on any atom is 0.260 e. The van der Waals surface area contributed by atoms with Gasteiger partial charge in [-0.2, -0.15) is 5.10 Å². The number of aromatic amines is 1. The van der Waals surface area contributed by atoms with E-state index < -0.39 is 0 Å². The summed E-state index contributed by atoms with van der Waals surface area (Å²) in [5.41, 5.74) is 3.91. The van der Waals surface area contributed by atoms with Crippen molar-refractivity contribution < 1.29 is 9.47 Å². The fraction of sp³-hybridized carbons (Fsp3) is 0.0625. The van der Waals surface area contributed by atoms with E-state index in [1.807, 2.05) is 18.2 Å². The normalized spacial score (nSPS) is 12.9. The van der Waals surface area contributed by atoms with Crippen LogP contribution in [0.3, 0.4) is 0 Å². The van der Waals surface area contributed by atoms with Gasteiger partial charge in [0, 0.05) is 10.0 Å². The molecule has 2 heterocycles. The van der Waals surface area contributed by atoms with Crippen LogP contribution in [0.4, 0.5) is 5.95 Å². The summed E-state index contributed by atoms with van der Waals surface area (Å²) in [7, 11) is 0. The summed E-state index contributed by atoms with van der Waals surface area (Å²) >= 11 is 3.45. The van der Waals surface area contributed by atoms with E-state index in [9.17, 15) is 4.79 Å². The lowest BCUT2D eigenvalue weighted by atomic mass is 10.2. The second kappa shape index (κ2) is 5.97. The summed E-state index contributed by atoms with van der Waals surface area (Å²) in [6, 6.07) is 10.7. The van der Waals surface area contributed by atoms with Gasteiger partial charge in [0.05, 0.1) is 17.1 Å². The Bertz CT molecular complexity index is 1020. The monoisotopic (exact) mass is 386 g/mol. The number of nitrogens with one attached hydrogen (secondary N) is 2. The van der Waals surface area contributed by atoms with E-state index >= 15 is 0 Å². The van der Waals surface area contributed by atoms with Crippen molar-refractivity contribution in [3.63, 3.8) is 0 Å². The molecule has 8 heteroatoms. The van der Waals surface area contributed by atoms with Crippen LogP contribution in [0.15, 0.2) is 50.8 Å². The van der Waals surface area contributed by atoms with E-state index in [4.69, 9.17) is 9.47 Å². The van der Waals surface area contributed by atoms with Crippen molar-refractivity contribution in [1.29, 1.82) is 0 Å². The van der Waals surface area contributed by atoms with Crippen molar-refractivity contribution in [3.05, 3.63) is 56.8 Å². The summed E-state index contributed by atoms with van der Waals surface area (Å²) in [4.78, 5) is 18.9. The van der Waals surface area contributed by atoms with Gasteiger partial charge < -0.3 is 9.47 Å². The number of anilines is 1. The van der Waals surface area contributed by atoms with Gasteiger partial charge in [0.2, 0.25) is 12.7 Å². The first-order valence-corrected chi connectivity index (χ1v) is 7.87. The molecule has 0 atom stereocenters. The lowest BCUT2D eigenvalue weighted by Gasteiger charge is -2.03. The molecular weight excluding hydrogens is 376 g/mol. The quantitative estimate of drug-likeness (QED) is 0.533. The predicted octanol–water partition coefficient (Wildman–Crippen LogP) is 2.86. The highest BCUT2D eigenvalue weighted by Gasteiger charge is 2.15. The minimum absolute atomic E-state index is 0.211. The number of fused-ring (bicyclic) bond motifs is 2. The van der Waals surface area contributed by atoms with E-state index in [1.54, 1.807) is 24.4 Å². The molecule has 120 valence electrons. The van der Waals surface area contributed by atoms with Crippen molar-refractivity contribution >= 4 is 39.0 Å². The number of nitrogens with zero attached hydrogens (tertiary/aromatic N) is 2. The average Bonchev–Trinajstić information content (AvgIpc) is 3.02. The molecule has 2 N–H and O–H groups in total. The molecule has 3 aromatic rings. The number of ether oxygens (including phenoxy) is 2. The lowest BCUT2D eigenvalue weighted by molar-refractivity contribution is 0.174. The number of benzene rings is 2. The Kier molecular flexibility index (Phi) is 3.66. The van der Waals surface area contributed by atoms with Crippen molar-refractivity contribution in [2.75, 3.05) is 12.2 Å². The Hall–Kier alpha value is -2.87. The molecule has 1 aliphatic heterocycles. The SMILES string of the molecule is O=c1[nH]c(N/N=C/c2cc3c(cc2Br)OCO3)nc2ccccc12. The highest BCUT2D eigenvalue weighted by Crippen LogP contribution is 2.36. The largest absolute Gasteiger partial charge is 0.454 e. The zero-order valence-corrected chi connectivity index (χ0v) is 13.8. The molecule has 0 unspecified atom stereocenters. The maximum atomic E-state index is 12.0. The van der Waals surface area contributed by atoms with Gasteiger partial charge in [-0.1, -0.05) is 12.1 Å². The van der Waals surface area contributed by atoms with Crippen LogP contribution in [0, 0.1) is 0 Å². The molecule has 0 radical (unpaired) electrons. The van der Waals surface area contributed by atoms with Gasteiger partial charge in [-0.3, -0.25) is 9.78 Å². The minimum Gasteiger partial charge on any atom is -0.454 e. The molecule has 4 rings (SSSR count). The Morgan fingerprint density at radius 2 is 2.04 bits per heavy atom. The van der Waals surface area contributed by atoms with E-state index in [1.165, 1.54) is 0 Å². The third-order valence-corrected chi connectivity index (χ3v) is 4.17. The van der Waals surface area contributed by atoms with Crippen LogP contribution in [0.25, 0.3) is 10.9 Å². The van der Waals surface area contributed by atoms with Crippen LogP contribution in [0.1, 0.15) is 5.56 Å². The summed E-state index contributed by atoms with van der Waals surface area (Å²) in [5, 5.41) is 4.64. The van der Waals surface area contributed by atoms with E-state index in [-0.39, 0.29) is 18.3 Å². The molecule has 0 fully saturated rings. The van der Waals surface area contributed by atoms with Crippen molar-refractivity contribution in [2.45, 2.75) is 0 Å². The van der Waals surface area contributed by atoms with Crippen LogP contribution in [0.5, 0.6) is 11.5 Å². The first-order valence-electron chi connectivity index (χ1n) is 7.08. The van der Waals surface area contributed by atoms with Crippen LogP contribution < -0.4 is 20.5 Å². The number of para-hydroxylation sites is 1. The molecule has 0 amide bonds. The van der Waals surface area contributed by atoms with Gasteiger partial charge in [-0.25, -0.2) is 10.4 Å². The molecule has 1 aliphatic rings. The van der Waals surface area contributed by atoms with Crippen molar-refractivity contribution in [1.82, 2.24) is 9.97 Å². The van der Waals surface area contributed by atoms with E-state index in [0.717, 1.165) is 10.0 Å². The molecular formula is C16H11BrN4O3. The molecule has 0 saturated carbocycles. The number of hydrogen-bond donors (Lipinski definition) is 2. The topological polar surface area (TPSA) is 88.6 Å². The van der Waals surface area contributed by atoms with Gasteiger partial charge >= 0.3 is 0 Å². The maximum absolute atomic E-state index is 12.0. The fourth-order valence-corrected chi connectivity index (χ4v) is 2.76. The minimum atomic E-state index is -0.220. The van der Waals surface area contributed by atoms with Gasteiger partial charge in [-0.05, 0) is 40.2 Å². The highest BCUT2D eigenvalue weighted by atomic mass is 79.9. The molecule has 0 bridgehead atoms. The number of rotatable bonds is 3. The highest BCUT2D eigenvalue weighted by molar-refractivity contribution is 9.10.